The zero-order valence-corrected chi connectivity index (χ0v) is 18.1. The molecule has 0 aliphatic heterocycles. The number of aliphatic hydroxyl groups is 1. The second-order valence-corrected chi connectivity index (χ2v) is 8.69. The minimum Gasteiger partial charge on any atom is -0.405 e. The normalized spacial score (nSPS) is 14.1. The molecule has 162 valence electrons. The molecule has 0 spiro atoms. The van der Waals surface area contributed by atoms with Crippen molar-refractivity contribution in [3.8, 4) is 0 Å². The Kier molecular flexibility index (Phi) is 4.46. The summed E-state index contributed by atoms with van der Waals surface area (Å²) in [5.41, 5.74) is 6.33. The maximum absolute atomic E-state index is 13.3. The number of thiazole rings is 1. The quantitative estimate of drug-likeness (QED) is 0.302. The van der Waals surface area contributed by atoms with E-state index in [9.17, 15) is 9.90 Å². The number of aromatic amines is 1. The molecule has 0 saturated heterocycles. The van der Waals surface area contributed by atoms with Crippen LogP contribution in [0.5, 0.6) is 0 Å². The molecule has 1 atom stereocenters. The summed E-state index contributed by atoms with van der Waals surface area (Å²) in [4.78, 5) is 17.8. The lowest BCUT2D eigenvalue weighted by Crippen LogP contribution is -2.30. The second-order valence-electron chi connectivity index (χ2n) is 7.69. The average Bonchev–Trinajstić information content (AvgIpc) is 3.47. The van der Waals surface area contributed by atoms with Crippen LogP contribution >= 0.6 is 11.3 Å². The topological polar surface area (TPSA) is 151 Å². The first-order chi connectivity index (χ1) is 15.3. The van der Waals surface area contributed by atoms with E-state index in [0.717, 1.165) is 21.2 Å². The zero-order chi connectivity index (χ0) is 22.6. The number of nitrogens with two attached hydrogens (primary N) is 1. The average molecular weight is 449 g/mol. The predicted octanol–water partition coefficient (Wildman–Crippen LogP) is 1.97. The molecule has 0 amide bonds. The Bertz CT molecular complexity index is 1600. The van der Waals surface area contributed by atoms with Gasteiger partial charge in [-0.25, -0.2) is 9.67 Å². The largest absolute Gasteiger partial charge is 0.405 e. The van der Waals surface area contributed by atoms with Crippen LogP contribution in [0, 0.1) is 5.41 Å². The van der Waals surface area contributed by atoms with Crippen LogP contribution in [0.15, 0.2) is 47.7 Å². The number of hydrogen-bond acceptors (Lipinski definition) is 8. The van der Waals surface area contributed by atoms with Gasteiger partial charge in [0.15, 0.2) is 11.2 Å². The summed E-state index contributed by atoms with van der Waals surface area (Å²) in [6, 6.07) is 5.78. The Hall–Kier alpha value is -3.83. The van der Waals surface area contributed by atoms with Crippen molar-refractivity contribution in [3.05, 3.63) is 63.8 Å². The molecule has 32 heavy (non-hydrogen) atoms. The lowest BCUT2D eigenvalue weighted by Gasteiger charge is -2.19. The number of aryl methyl sites for hydroxylation is 1. The summed E-state index contributed by atoms with van der Waals surface area (Å²) < 4.78 is 3.87. The Balaban J connectivity index is 1.62. The number of fused-ring (bicyclic) bond motifs is 4. The van der Waals surface area contributed by atoms with Gasteiger partial charge in [-0.05, 0) is 30.8 Å². The number of benzene rings is 1. The predicted molar refractivity (Wildman–Crippen MR) is 124 cm³/mol. The summed E-state index contributed by atoms with van der Waals surface area (Å²) in [6.07, 6.45) is 5.92. The fraction of sp³-hybridized carbons (Fsp3) is 0.190. The number of nitrogens with zero attached hydrogens (tertiary/aromatic N) is 5. The van der Waals surface area contributed by atoms with Gasteiger partial charge in [0.1, 0.15) is 10.5 Å². The van der Waals surface area contributed by atoms with E-state index in [1.807, 2.05) is 18.2 Å². The molecular weight excluding hydrogens is 428 g/mol. The van der Waals surface area contributed by atoms with Crippen LogP contribution in [-0.2, 0) is 19.2 Å². The Morgan fingerprint density at radius 2 is 2.19 bits per heavy atom. The van der Waals surface area contributed by atoms with Crippen molar-refractivity contribution in [3.63, 3.8) is 0 Å². The van der Waals surface area contributed by atoms with Crippen LogP contribution in [0.4, 0.5) is 0 Å². The van der Waals surface area contributed by atoms with Crippen LogP contribution < -0.4 is 11.3 Å². The molecule has 10 nitrogen and oxygen atoms in total. The summed E-state index contributed by atoms with van der Waals surface area (Å²) in [7, 11) is 1.76. The summed E-state index contributed by atoms with van der Waals surface area (Å²) in [5.74, 6) is 0. The molecule has 0 fully saturated rings. The highest BCUT2D eigenvalue weighted by molar-refractivity contribution is 7.19. The zero-order valence-electron chi connectivity index (χ0n) is 17.3. The molecule has 0 bridgehead atoms. The lowest BCUT2D eigenvalue weighted by molar-refractivity contribution is 0.133. The van der Waals surface area contributed by atoms with Crippen LogP contribution in [-0.4, -0.2) is 40.3 Å². The Morgan fingerprint density at radius 1 is 1.38 bits per heavy atom. The highest BCUT2D eigenvalue weighted by Crippen LogP contribution is 2.36. The van der Waals surface area contributed by atoms with Gasteiger partial charge in [0, 0.05) is 17.8 Å². The van der Waals surface area contributed by atoms with Crippen molar-refractivity contribution in [1.29, 1.82) is 5.41 Å². The van der Waals surface area contributed by atoms with Gasteiger partial charge in [-0.1, -0.05) is 12.1 Å². The first-order valence-electron chi connectivity index (χ1n) is 9.79. The number of aromatic nitrogens is 6. The van der Waals surface area contributed by atoms with Crippen LogP contribution in [0.1, 0.15) is 17.5 Å². The maximum Gasteiger partial charge on any atom is 0.291 e. The Labute approximate surface area is 185 Å². The van der Waals surface area contributed by atoms with E-state index in [0.29, 0.717) is 28.1 Å². The molecular formula is C21H20N8O2S. The summed E-state index contributed by atoms with van der Waals surface area (Å²) in [6.45, 7) is 1.80. The highest BCUT2D eigenvalue weighted by atomic mass is 32.1. The van der Waals surface area contributed by atoms with E-state index in [2.05, 4.69) is 20.3 Å². The van der Waals surface area contributed by atoms with Gasteiger partial charge in [-0.15, -0.1) is 11.3 Å². The molecule has 0 aliphatic carbocycles. The minimum absolute atomic E-state index is 0.0720. The summed E-state index contributed by atoms with van der Waals surface area (Å²) >= 11 is 1.23. The second kappa shape index (κ2) is 7.11. The number of hydrogen-bond donors (Lipinski definition) is 4. The molecule has 5 rings (SSSR count). The standard InChI is InChI=1S/C21H20N8O2S/c1-21(31,15(23)6-7-22)20-26-18-17(32-20)13-9-25-29(19(30)16(13)28(18)2)10-11-4-3-5-14-12(11)8-24-27-14/h3-9,23,31H,10,22H2,1-2H3,(H,24,27)/b7-6-,23-15?. The third kappa shape index (κ3) is 2.86. The van der Waals surface area contributed by atoms with Crippen molar-refractivity contribution in [2.24, 2.45) is 12.8 Å². The van der Waals surface area contributed by atoms with Crippen LogP contribution in [0.2, 0.25) is 0 Å². The third-order valence-electron chi connectivity index (χ3n) is 5.62. The van der Waals surface area contributed by atoms with Gasteiger partial charge in [-0.3, -0.25) is 9.89 Å². The fourth-order valence-corrected chi connectivity index (χ4v) is 4.98. The van der Waals surface area contributed by atoms with Crippen molar-refractivity contribution in [2.45, 2.75) is 19.1 Å². The molecule has 0 radical (unpaired) electrons. The van der Waals surface area contributed by atoms with Gasteiger partial charge in [0.05, 0.1) is 34.9 Å². The molecule has 5 N–H and O–H groups in total. The number of rotatable bonds is 5. The van der Waals surface area contributed by atoms with Crippen molar-refractivity contribution < 1.29 is 5.11 Å². The maximum atomic E-state index is 13.3. The minimum atomic E-state index is -1.60. The van der Waals surface area contributed by atoms with E-state index in [1.165, 1.54) is 35.2 Å². The Morgan fingerprint density at radius 3 is 2.97 bits per heavy atom. The molecule has 1 aromatic carbocycles. The molecule has 0 saturated carbocycles. The molecule has 5 aromatic rings. The van der Waals surface area contributed by atoms with Crippen LogP contribution in [0.25, 0.3) is 32.2 Å². The molecule has 1 unspecified atom stereocenters. The van der Waals surface area contributed by atoms with Crippen molar-refractivity contribution >= 4 is 49.2 Å². The van der Waals surface area contributed by atoms with Gasteiger partial charge in [0.25, 0.3) is 5.56 Å². The first-order valence-corrected chi connectivity index (χ1v) is 10.6. The number of H-pyrrole nitrogens is 1. The fourth-order valence-electron chi connectivity index (χ4n) is 3.81. The molecule has 0 aliphatic rings. The van der Waals surface area contributed by atoms with E-state index in [-0.39, 0.29) is 11.3 Å². The van der Waals surface area contributed by atoms with Gasteiger partial charge < -0.3 is 20.8 Å². The van der Waals surface area contributed by atoms with Gasteiger partial charge in [-0.2, -0.15) is 10.2 Å². The SMILES string of the molecule is Cn1c2nc(C(C)(O)C(=N)/C=C\N)sc2c2cnn(Cc3cccc4[nH]ncc34)c(=O)c21. The molecule has 11 heteroatoms. The lowest BCUT2D eigenvalue weighted by atomic mass is 10.0. The van der Waals surface area contributed by atoms with E-state index >= 15 is 0 Å². The molecule has 4 aromatic heterocycles. The van der Waals surface area contributed by atoms with E-state index in [4.69, 9.17) is 11.1 Å². The van der Waals surface area contributed by atoms with Gasteiger partial charge >= 0.3 is 0 Å². The van der Waals surface area contributed by atoms with E-state index < -0.39 is 5.60 Å². The summed E-state index contributed by atoms with van der Waals surface area (Å²) in [5, 5.41) is 32.2. The highest BCUT2D eigenvalue weighted by Gasteiger charge is 2.32. The van der Waals surface area contributed by atoms with Crippen molar-refractivity contribution in [2.75, 3.05) is 0 Å². The van der Waals surface area contributed by atoms with Crippen LogP contribution in [0.3, 0.4) is 0 Å². The van der Waals surface area contributed by atoms with Crippen molar-refractivity contribution in [1.82, 2.24) is 29.5 Å². The number of nitrogens with one attached hydrogen (secondary N) is 2. The van der Waals surface area contributed by atoms with E-state index in [1.54, 1.807) is 24.0 Å². The van der Waals surface area contributed by atoms with Gasteiger partial charge in [0.2, 0.25) is 0 Å². The smallest absolute Gasteiger partial charge is 0.291 e. The first kappa shape index (κ1) is 20.1. The monoisotopic (exact) mass is 448 g/mol. The third-order valence-corrected chi connectivity index (χ3v) is 6.91. The molecule has 4 heterocycles.